The van der Waals surface area contributed by atoms with Crippen molar-refractivity contribution in [2.75, 3.05) is 32.8 Å². The number of rotatable bonds is 26. The Hall–Kier alpha value is -7.83. The van der Waals surface area contributed by atoms with Crippen molar-refractivity contribution in [3.63, 3.8) is 0 Å². The SMILES string of the molecule is CC(=O)NC1C(O[C@@H](CC2CCCCC2)C(=O)N2CCC2)[C@@H](O)[C@H](CO)O[C@H]1O[C@@H]1CC(C(=O)CCCNC(=O)[C@H]2CC(n3cc(-c4cc(F)c(F)c(F)c4)nn3)C(O)[C@H](O[C@@H]3OC(CO)[C@H](O)C(n4cc(-c5cc(C)c(F)c(F)c5)nn4)[C@H]3O)C2)CC(n2cc(-c3ccccc3)nn2)[C@H]1O[C@@H]1OC(C)[C@@H](O)[C@H](O)C1O. The number of hydrogen-bond acceptors (Lipinski definition) is 26. The molecular formula is C74H93F5N12O20. The van der Waals surface area contributed by atoms with Gasteiger partial charge in [-0.15, -0.1) is 15.3 Å². The van der Waals surface area contributed by atoms with Gasteiger partial charge in [0.25, 0.3) is 5.91 Å². The number of carbonyl (C=O) groups excluding carboxylic acids is 4. The fraction of sp³-hybridized carbons (Fsp3) is 0.622. The van der Waals surface area contributed by atoms with Crippen LogP contribution in [-0.4, -0.2) is 269 Å². The van der Waals surface area contributed by atoms with Crippen LogP contribution in [0, 0.1) is 53.8 Å². The third-order valence-electron chi connectivity index (χ3n) is 22.5. The molecule has 3 aromatic carbocycles. The van der Waals surface area contributed by atoms with E-state index in [-0.39, 0.29) is 90.8 Å². The molecule has 604 valence electrons. The van der Waals surface area contributed by atoms with E-state index >= 15 is 4.79 Å². The van der Waals surface area contributed by atoms with E-state index in [4.69, 9.17) is 33.2 Å². The normalized spacial score (nSPS) is 33.1. The number of amides is 3. The highest BCUT2D eigenvalue weighted by Gasteiger charge is 2.55. The topological polar surface area (TPSA) is 434 Å². The summed E-state index contributed by atoms with van der Waals surface area (Å²) in [5.41, 5.74) is 0.633. The number of benzene rings is 3. The molecule has 13 rings (SSSR count). The van der Waals surface area contributed by atoms with Crippen molar-refractivity contribution >= 4 is 23.5 Å². The van der Waals surface area contributed by atoms with E-state index in [1.54, 1.807) is 41.4 Å². The van der Waals surface area contributed by atoms with Gasteiger partial charge in [-0.25, -0.2) is 36.0 Å². The third-order valence-corrected chi connectivity index (χ3v) is 22.5. The van der Waals surface area contributed by atoms with E-state index in [1.165, 1.54) is 43.9 Å². The first-order valence-electron chi connectivity index (χ1n) is 37.6. The highest BCUT2D eigenvalue weighted by Crippen LogP contribution is 2.44. The number of Topliss-reactive ketones (excluding diaryl/α,β-unsaturated/α-hetero) is 1. The Balaban J connectivity index is 0.770. The van der Waals surface area contributed by atoms with Gasteiger partial charge >= 0.3 is 0 Å². The highest BCUT2D eigenvalue weighted by molar-refractivity contribution is 5.82. The number of hydrogen-bond donors (Lipinski definition) is 11. The summed E-state index contributed by atoms with van der Waals surface area (Å²) in [5.74, 6) is -11.1. The molecular weight excluding hydrogens is 1470 g/mol. The smallest absolute Gasteiger partial charge is 0.251 e. The third kappa shape index (κ3) is 17.8. The molecule has 6 aromatic rings. The van der Waals surface area contributed by atoms with Crippen LogP contribution < -0.4 is 10.6 Å². The molecule has 3 aliphatic carbocycles. The van der Waals surface area contributed by atoms with Crippen LogP contribution in [0.1, 0.15) is 121 Å². The predicted molar refractivity (Wildman–Crippen MR) is 372 cm³/mol. The second-order valence-electron chi connectivity index (χ2n) is 30.1. The molecule has 3 saturated carbocycles. The summed E-state index contributed by atoms with van der Waals surface area (Å²) in [6.07, 6.45) is -19.7. The van der Waals surface area contributed by atoms with Crippen molar-refractivity contribution in [2.45, 2.75) is 239 Å². The van der Waals surface area contributed by atoms with Gasteiger partial charge in [0.15, 0.2) is 48.0 Å². The van der Waals surface area contributed by atoms with E-state index in [2.05, 4.69) is 41.6 Å². The Kier molecular flexibility index (Phi) is 25.8. The van der Waals surface area contributed by atoms with Crippen LogP contribution in [0.5, 0.6) is 0 Å². The molecule has 4 aliphatic heterocycles. The molecule has 7 aliphatic rings. The fourth-order valence-corrected chi connectivity index (χ4v) is 16.3. The van der Waals surface area contributed by atoms with Crippen LogP contribution in [0.4, 0.5) is 22.0 Å². The molecule has 111 heavy (non-hydrogen) atoms. The lowest BCUT2D eigenvalue weighted by molar-refractivity contribution is -0.337. The molecule has 3 amide bonds. The number of aliphatic hydroxyl groups is 9. The van der Waals surface area contributed by atoms with E-state index in [1.807, 2.05) is 0 Å². The monoisotopic (exact) mass is 1560 g/mol. The van der Waals surface area contributed by atoms with Crippen LogP contribution in [0.25, 0.3) is 33.8 Å². The minimum Gasteiger partial charge on any atom is -0.394 e. The van der Waals surface area contributed by atoms with E-state index in [0.29, 0.717) is 42.9 Å². The van der Waals surface area contributed by atoms with Gasteiger partial charge in [0.1, 0.15) is 108 Å². The zero-order valence-corrected chi connectivity index (χ0v) is 61.0. The Labute approximate surface area is 633 Å². The predicted octanol–water partition coefficient (Wildman–Crippen LogP) is 2.10. The average Bonchev–Trinajstić information content (AvgIpc) is 1.71. The van der Waals surface area contributed by atoms with Gasteiger partial charge in [0.05, 0.1) is 62.2 Å². The van der Waals surface area contributed by atoms with Crippen molar-refractivity contribution in [2.24, 2.45) is 17.8 Å². The zero-order valence-electron chi connectivity index (χ0n) is 61.0. The van der Waals surface area contributed by atoms with Crippen LogP contribution in [0.15, 0.2) is 73.2 Å². The minimum absolute atomic E-state index is 0.00551. The summed E-state index contributed by atoms with van der Waals surface area (Å²) in [6, 6.07) is 7.18. The van der Waals surface area contributed by atoms with Crippen molar-refractivity contribution < 1.29 is 120 Å². The summed E-state index contributed by atoms with van der Waals surface area (Å²) in [5, 5.41) is 134. The standard InChI is InChI=1S/C74H93F5N12O20/c1-34-20-39(22-43(75)57(34)78)48-31-91(87-84-48)60-63(98)55(32-92)110-73(65(60)100)107-52-28-42(26-49(62(52)97)89-30-47(83-85-89)40-23-44(76)58(79)45(77)24-40)70(103)80-17-10-16-51(95)41-25-50(90-29-46(82-86-90)38-14-8-5-9-15-38)68(111-74-67(102)66(101)61(96)35(2)105-74)53(27-41)108-72-59(81-36(3)94)69(64(99)56(33-93)109-72)106-54(71(104)88-18-11-19-88)21-37-12-6-4-7-13-37/h5,8-9,14-15,20,22-24,29-31,35,37,41-42,49-50,52-56,59-69,72-74,92-93,96-102H,4,6-7,10-13,16-19,21,25-28,32-33H2,1-3H3,(H,80,103)(H,81,94)/t35?,41?,42-,49?,50?,52+,53+,54-,55?,56-,59?,60?,61+,62?,63-,64-,65+,66-,67?,68+,69?,72+,73+,74-/m0/s1. The van der Waals surface area contributed by atoms with E-state index < -0.39 is 201 Å². The maximum absolute atomic E-state index is 15.2. The molecule has 0 radical (unpaired) electrons. The number of aromatic nitrogens is 9. The number of ether oxygens (including phenoxy) is 7. The molecule has 32 nitrogen and oxygen atoms in total. The van der Waals surface area contributed by atoms with Crippen LogP contribution >= 0.6 is 0 Å². The molecule has 7 fully saturated rings. The molecule has 7 heterocycles. The van der Waals surface area contributed by atoms with Crippen LogP contribution in [0.2, 0.25) is 0 Å². The largest absolute Gasteiger partial charge is 0.394 e. The molecule has 4 saturated heterocycles. The Morgan fingerprint density at radius 1 is 0.595 bits per heavy atom. The van der Waals surface area contributed by atoms with Gasteiger partial charge in [-0.2, -0.15) is 0 Å². The lowest BCUT2D eigenvalue weighted by Gasteiger charge is -2.49. The second kappa shape index (κ2) is 35.3. The van der Waals surface area contributed by atoms with Crippen molar-refractivity contribution in [1.29, 1.82) is 0 Å². The zero-order chi connectivity index (χ0) is 78.8. The number of carbonyl (C=O) groups is 4. The van der Waals surface area contributed by atoms with Gasteiger partial charge < -0.3 is 94.7 Å². The first kappa shape index (κ1) is 81.2. The maximum atomic E-state index is 15.2. The Morgan fingerprint density at radius 2 is 1.17 bits per heavy atom. The lowest BCUT2D eigenvalue weighted by Crippen LogP contribution is -2.67. The molecule has 0 spiro atoms. The quantitative estimate of drug-likeness (QED) is 0.0210. The van der Waals surface area contributed by atoms with Gasteiger partial charge in [0.2, 0.25) is 11.8 Å². The van der Waals surface area contributed by atoms with Gasteiger partial charge in [-0.05, 0) is 94.5 Å². The summed E-state index contributed by atoms with van der Waals surface area (Å²) >= 11 is 0. The molecule has 24 atom stereocenters. The number of ketones is 1. The van der Waals surface area contributed by atoms with Crippen molar-refractivity contribution in [3.05, 3.63) is 108 Å². The first-order valence-corrected chi connectivity index (χ1v) is 37.6. The molecule has 0 bridgehead atoms. The summed E-state index contributed by atoms with van der Waals surface area (Å²) < 4.78 is 121. The second-order valence-corrected chi connectivity index (χ2v) is 30.1. The van der Waals surface area contributed by atoms with Gasteiger partial charge in [0, 0.05) is 61.5 Å². The first-order chi connectivity index (χ1) is 53.2. The fourth-order valence-electron chi connectivity index (χ4n) is 16.3. The maximum Gasteiger partial charge on any atom is 0.251 e. The van der Waals surface area contributed by atoms with E-state index in [0.717, 1.165) is 54.0 Å². The number of halogens is 5. The number of aryl methyl sites for hydroxylation is 1. The lowest BCUT2D eigenvalue weighted by atomic mass is 9.78. The average molecular weight is 1570 g/mol. The summed E-state index contributed by atoms with van der Waals surface area (Å²) in [6.45, 7) is 3.13. The van der Waals surface area contributed by atoms with Crippen molar-refractivity contribution in [3.8, 4) is 33.8 Å². The van der Waals surface area contributed by atoms with Crippen LogP contribution in [-0.2, 0) is 52.3 Å². The number of nitrogens with zero attached hydrogens (tertiary/aromatic N) is 10. The van der Waals surface area contributed by atoms with E-state index in [9.17, 15) is 82.3 Å². The Morgan fingerprint density at radius 3 is 1.81 bits per heavy atom. The molecule has 37 heteroatoms. The molecule has 11 N–H and O–H groups in total. The Bertz CT molecular complexity index is 4150. The summed E-state index contributed by atoms with van der Waals surface area (Å²) in [7, 11) is 0. The van der Waals surface area contributed by atoms with Gasteiger partial charge in [-0.3, -0.25) is 19.2 Å². The van der Waals surface area contributed by atoms with Gasteiger partial charge in [-0.1, -0.05) is 78.1 Å². The molecule has 10 unspecified atom stereocenters. The number of likely N-dealkylation sites (tertiary alicyclic amines) is 1. The summed E-state index contributed by atoms with van der Waals surface area (Å²) in [4.78, 5) is 59.5. The number of nitrogens with one attached hydrogen (secondary N) is 2. The van der Waals surface area contributed by atoms with Crippen molar-refractivity contribution in [1.82, 2.24) is 60.5 Å². The minimum atomic E-state index is -1.90. The number of aliphatic hydroxyl groups excluding tert-OH is 9. The van der Waals surface area contributed by atoms with Crippen LogP contribution in [0.3, 0.4) is 0 Å². The highest BCUT2D eigenvalue weighted by atomic mass is 19.2. The molecule has 3 aromatic heterocycles.